The molecule has 0 saturated carbocycles. The van der Waals surface area contributed by atoms with Crippen molar-refractivity contribution < 1.29 is 4.74 Å². The summed E-state index contributed by atoms with van der Waals surface area (Å²) in [6.45, 7) is 4.22. The smallest absolute Gasteiger partial charge is 0.126 e. The van der Waals surface area contributed by atoms with Gasteiger partial charge in [-0.25, -0.2) is 0 Å². The highest BCUT2D eigenvalue weighted by Gasteiger charge is 2.25. The third-order valence-electron chi connectivity index (χ3n) is 3.89. The summed E-state index contributed by atoms with van der Waals surface area (Å²) < 4.78 is 5.58. The second-order valence-electron chi connectivity index (χ2n) is 5.06. The molecule has 0 aromatic heterocycles. The van der Waals surface area contributed by atoms with Crippen LogP contribution < -0.4 is 10.5 Å². The van der Waals surface area contributed by atoms with Crippen molar-refractivity contribution in [2.45, 2.75) is 44.4 Å². The summed E-state index contributed by atoms with van der Waals surface area (Å²) in [4.78, 5) is 0. The Morgan fingerprint density at radius 1 is 1.33 bits per heavy atom. The molecule has 2 nitrogen and oxygen atoms in total. The molecule has 0 amide bonds. The van der Waals surface area contributed by atoms with Gasteiger partial charge in [-0.1, -0.05) is 18.6 Å². The molecule has 0 bridgehead atoms. The molecule has 1 aliphatic heterocycles. The molecule has 2 atom stereocenters. The molecule has 1 aromatic rings. The average Bonchev–Trinajstić information content (AvgIpc) is 2.42. The molecule has 3 heteroatoms. The lowest BCUT2D eigenvalue weighted by atomic mass is 9.95. The molecule has 1 aliphatic rings. The van der Waals surface area contributed by atoms with Gasteiger partial charge in [-0.3, -0.25) is 0 Å². The summed E-state index contributed by atoms with van der Waals surface area (Å²) in [6, 6.07) is 4.38. The fourth-order valence-corrected chi connectivity index (χ4v) is 3.95. The van der Waals surface area contributed by atoms with Crippen molar-refractivity contribution in [3.63, 3.8) is 0 Å². The Hall–Kier alpha value is -0.670. The van der Waals surface area contributed by atoms with E-state index in [2.05, 4.69) is 26.0 Å². The lowest BCUT2D eigenvalue weighted by Crippen LogP contribution is -2.26. The molecule has 0 aliphatic carbocycles. The first kappa shape index (κ1) is 13.8. The number of methoxy groups -OCH3 is 1. The predicted octanol–water partition coefficient (Wildman–Crippen LogP) is 3.60. The van der Waals surface area contributed by atoms with Crippen LogP contribution in [-0.4, -0.2) is 18.1 Å². The third kappa shape index (κ3) is 2.67. The lowest BCUT2D eigenvalue weighted by molar-refractivity contribution is 0.400. The fourth-order valence-electron chi connectivity index (χ4n) is 2.59. The van der Waals surface area contributed by atoms with Crippen molar-refractivity contribution in [3.05, 3.63) is 28.8 Å². The molecule has 1 saturated heterocycles. The number of thioether (sulfide) groups is 1. The van der Waals surface area contributed by atoms with Crippen LogP contribution in [0.25, 0.3) is 0 Å². The first-order valence-corrected chi connectivity index (χ1v) is 7.71. The van der Waals surface area contributed by atoms with E-state index in [0.29, 0.717) is 5.25 Å². The Labute approximate surface area is 114 Å². The van der Waals surface area contributed by atoms with E-state index in [0.717, 1.165) is 5.75 Å². The topological polar surface area (TPSA) is 35.2 Å². The number of aryl methyl sites for hydroxylation is 1. The van der Waals surface area contributed by atoms with Crippen LogP contribution >= 0.6 is 11.8 Å². The zero-order valence-corrected chi connectivity index (χ0v) is 12.3. The second kappa shape index (κ2) is 5.98. The van der Waals surface area contributed by atoms with Crippen molar-refractivity contribution in [3.8, 4) is 5.75 Å². The van der Waals surface area contributed by atoms with Gasteiger partial charge < -0.3 is 10.5 Å². The molecule has 1 aromatic carbocycles. The zero-order valence-electron chi connectivity index (χ0n) is 11.5. The highest BCUT2D eigenvalue weighted by Crippen LogP contribution is 2.38. The third-order valence-corrected chi connectivity index (χ3v) is 5.37. The van der Waals surface area contributed by atoms with E-state index in [1.54, 1.807) is 7.11 Å². The Balaban J connectivity index is 2.28. The monoisotopic (exact) mass is 265 g/mol. The van der Waals surface area contributed by atoms with E-state index in [9.17, 15) is 0 Å². The maximum Gasteiger partial charge on any atom is 0.126 e. The molecule has 0 spiro atoms. The van der Waals surface area contributed by atoms with Gasteiger partial charge in [-0.2, -0.15) is 11.8 Å². The number of nitrogens with two attached hydrogens (primary N) is 1. The van der Waals surface area contributed by atoms with Gasteiger partial charge in [0.2, 0.25) is 0 Å². The standard InChI is InChI=1S/C15H23NOS/c1-10-7-8-12(15(17-3)11(10)2)14(16)13-6-4-5-9-18-13/h7-8,13-14H,4-6,9,16H2,1-3H3. The van der Waals surface area contributed by atoms with Crippen LogP contribution in [0.5, 0.6) is 5.75 Å². The Morgan fingerprint density at radius 2 is 2.11 bits per heavy atom. The number of hydrogen-bond donors (Lipinski definition) is 1. The number of hydrogen-bond acceptors (Lipinski definition) is 3. The second-order valence-corrected chi connectivity index (χ2v) is 6.41. The van der Waals surface area contributed by atoms with Crippen molar-refractivity contribution in [1.29, 1.82) is 0 Å². The maximum atomic E-state index is 6.46. The number of rotatable bonds is 3. The van der Waals surface area contributed by atoms with Crippen LogP contribution in [0.15, 0.2) is 12.1 Å². The first-order chi connectivity index (χ1) is 8.65. The van der Waals surface area contributed by atoms with Crippen molar-refractivity contribution >= 4 is 11.8 Å². The van der Waals surface area contributed by atoms with E-state index in [1.165, 1.54) is 41.7 Å². The summed E-state index contributed by atoms with van der Waals surface area (Å²) in [5, 5.41) is 0.537. The van der Waals surface area contributed by atoms with E-state index >= 15 is 0 Å². The molecule has 100 valence electrons. The molecular formula is C15H23NOS. The Bertz CT molecular complexity index is 413. The molecule has 2 rings (SSSR count). The summed E-state index contributed by atoms with van der Waals surface area (Å²) in [5.74, 6) is 2.22. The predicted molar refractivity (Wildman–Crippen MR) is 79.5 cm³/mol. The van der Waals surface area contributed by atoms with Gasteiger partial charge in [0.1, 0.15) is 5.75 Å². The van der Waals surface area contributed by atoms with Gasteiger partial charge in [0.05, 0.1) is 7.11 Å². The van der Waals surface area contributed by atoms with E-state index < -0.39 is 0 Å². The van der Waals surface area contributed by atoms with Crippen molar-refractivity contribution in [1.82, 2.24) is 0 Å². The van der Waals surface area contributed by atoms with Gasteiger partial charge >= 0.3 is 0 Å². The minimum atomic E-state index is 0.0875. The quantitative estimate of drug-likeness (QED) is 0.907. The van der Waals surface area contributed by atoms with E-state index in [1.807, 2.05) is 11.8 Å². The van der Waals surface area contributed by atoms with Crippen molar-refractivity contribution in [2.24, 2.45) is 5.73 Å². The summed E-state index contributed by atoms with van der Waals surface area (Å²) in [7, 11) is 1.74. The number of benzene rings is 1. The summed E-state index contributed by atoms with van der Waals surface area (Å²) >= 11 is 2.01. The zero-order chi connectivity index (χ0) is 13.1. The summed E-state index contributed by atoms with van der Waals surface area (Å²) in [5.41, 5.74) is 10.1. The molecule has 1 heterocycles. The van der Waals surface area contributed by atoms with Gasteiger partial charge in [0, 0.05) is 16.9 Å². The van der Waals surface area contributed by atoms with Crippen LogP contribution in [0.1, 0.15) is 42.0 Å². The lowest BCUT2D eigenvalue weighted by Gasteiger charge is -2.29. The van der Waals surface area contributed by atoms with Crippen LogP contribution in [-0.2, 0) is 0 Å². The minimum Gasteiger partial charge on any atom is -0.496 e. The number of ether oxygens (including phenoxy) is 1. The largest absolute Gasteiger partial charge is 0.496 e. The first-order valence-electron chi connectivity index (χ1n) is 6.66. The van der Waals surface area contributed by atoms with Crippen LogP contribution in [0.4, 0.5) is 0 Å². The van der Waals surface area contributed by atoms with Crippen LogP contribution in [0, 0.1) is 13.8 Å². The van der Waals surface area contributed by atoms with Crippen LogP contribution in [0.2, 0.25) is 0 Å². The van der Waals surface area contributed by atoms with Gasteiger partial charge in [0.15, 0.2) is 0 Å². The van der Waals surface area contributed by atoms with Crippen molar-refractivity contribution in [2.75, 3.05) is 12.9 Å². The molecule has 1 fully saturated rings. The molecule has 18 heavy (non-hydrogen) atoms. The van der Waals surface area contributed by atoms with Gasteiger partial charge in [-0.05, 0) is 43.6 Å². The van der Waals surface area contributed by atoms with Crippen LogP contribution in [0.3, 0.4) is 0 Å². The SMILES string of the molecule is COc1c(C(N)C2CCCCS2)ccc(C)c1C. The van der Waals surface area contributed by atoms with Gasteiger partial charge in [0.25, 0.3) is 0 Å². The Morgan fingerprint density at radius 3 is 2.72 bits per heavy atom. The fraction of sp³-hybridized carbons (Fsp3) is 0.600. The average molecular weight is 265 g/mol. The normalized spacial score (nSPS) is 21.7. The molecule has 0 radical (unpaired) electrons. The molecular weight excluding hydrogens is 242 g/mol. The van der Waals surface area contributed by atoms with E-state index in [4.69, 9.17) is 10.5 Å². The summed E-state index contributed by atoms with van der Waals surface area (Å²) in [6.07, 6.45) is 3.86. The molecule has 2 N–H and O–H groups in total. The minimum absolute atomic E-state index is 0.0875. The van der Waals surface area contributed by atoms with Gasteiger partial charge in [-0.15, -0.1) is 0 Å². The Kier molecular flexibility index (Phi) is 4.57. The maximum absolute atomic E-state index is 6.46. The highest BCUT2D eigenvalue weighted by atomic mass is 32.2. The molecule has 2 unspecified atom stereocenters. The highest BCUT2D eigenvalue weighted by molar-refractivity contribution is 8.00. The van der Waals surface area contributed by atoms with E-state index in [-0.39, 0.29) is 6.04 Å².